The van der Waals surface area contributed by atoms with Crippen LogP contribution in [0.15, 0.2) is 18.2 Å². The molecule has 78 valence electrons. The second-order valence-corrected chi connectivity index (χ2v) is 5.06. The van der Waals surface area contributed by atoms with Gasteiger partial charge in [0.2, 0.25) is 0 Å². The molecule has 0 aromatic heterocycles. The van der Waals surface area contributed by atoms with Crippen molar-refractivity contribution in [2.75, 3.05) is 7.11 Å². The SMILES string of the molecule is CCc1cc(C(C)(C)S)ccc1OC. The first kappa shape index (κ1) is 11.4. The Morgan fingerprint density at radius 3 is 2.43 bits per heavy atom. The van der Waals surface area contributed by atoms with Crippen molar-refractivity contribution >= 4 is 12.6 Å². The Morgan fingerprint density at radius 2 is 2.00 bits per heavy atom. The summed E-state index contributed by atoms with van der Waals surface area (Å²) in [5.41, 5.74) is 2.48. The molecule has 1 aromatic rings. The van der Waals surface area contributed by atoms with E-state index in [0.29, 0.717) is 0 Å². The first-order chi connectivity index (χ1) is 6.49. The van der Waals surface area contributed by atoms with E-state index in [1.54, 1.807) is 7.11 Å². The third kappa shape index (κ3) is 2.44. The molecule has 0 aliphatic rings. The molecule has 1 rings (SSSR count). The van der Waals surface area contributed by atoms with Gasteiger partial charge in [-0.05, 0) is 37.5 Å². The second kappa shape index (κ2) is 4.26. The van der Waals surface area contributed by atoms with Crippen LogP contribution in [0, 0.1) is 0 Å². The highest BCUT2D eigenvalue weighted by Crippen LogP contribution is 2.30. The standard InChI is InChI=1S/C12H18OS/c1-5-9-8-10(12(2,3)14)6-7-11(9)13-4/h6-8,14H,5H2,1-4H3. The molecule has 0 atom stereocenters. The fourth-order valence-electron chi connectivity index (χ4n) is 1.44. The van der Waals surface area contributed by atoms with Crippen LogP contribution in [0.2, 0.25) is 0 Å². The lowest BCUT2D eigenvalue weighted by Crippen LogP contribution is -2.08. The van der Waals surface area contributed by atoms with E-state index in [2.05, 4.69) is 45.5 Å². The molecule has 0 spiro atoms. The molecule has 0 saturated heterocycles. The van der Waals surface area contributed by atoms with Crippen LogP contribution < -0.4 is 4.74 Å². The number of aryl methyl sites for hydroxylation is 1. The van der Waals surface area contributed by atoms with Crippen LogP contribution in [0.3, 0.4) is 0 Å². The lowest BCUT2D eigenvalue weighted by Gasteiger charge is -2.19. The zero-order valence-corrected chi connectivity index (χ0v) is 10.2. The first-order valence-electron chi connectivity index (χ1n) is 4.88. The fraction of sp³-hybridized carbons (Fsp3) is 0.500. The van der Waals surface area contributed by atoms with Gasteiger partial charge < -0.3 is 4.74 Å². The van der Waals surface area contributed by atoms with E-state index in [-0.39, 0.29) is 4.75 Å². The minimum atomic E-state index is -0.0871. The highest BCUT2D eigenvalue weighted by molar-refractivity contribution is 7.81. The Balaban J connectivity index is 3.14. The van der Waals surface area contributed by atoms with Gasteiger partial charge in [-0.15, -0.1) is 0 Å². The van der Waals surface area contributed by atoms with E-state index in [4.69, 9.17) is 4.74 Å². The van der Waals surface area contributed by atoms with Crippen LogP contribution in [-0.2, 0) is 11.2 Å². The number of hydrogen-bond donors (Lipinski definition) is 1. The molecule has 1 aromatic carbocycles. The molecule has 0 bridgehead atoms. The van der Waals surface area contributed by atoms with Gasteiger partial charge in [0.25, 0.3) is 0 Å². The highest BCUT2D eigenvalue weighted by Gasteiger charge is 2.15. The monoisotopic (exact) mass is 210 g/mol. The maximum absolute atomic E-state index is 5.28. The van der Waals surface area contributed by atoms with Gasteiger partial charge in [0.1, 0.15) is 5.75 Å². The summed E-state index contributed by atoms with van der Waals surface area (Å²) in [5, 5.41) is 0. The molecule has 2 heteroatoms. The minimum absolute atomic E-state index is 0.0871. The molecule has 0 saturated carbocycles. The summed E-state index contributed by atoms with van der Waals surface area (Å²) < 4.78 is 5.19. The van der Waals surface area contributed by atoms with Gasteiger partial charge in [0.15, 0.2) is 0 Å². The molecule has 0 aliphatic carbocycles. The molecule has 0 N–H and O–H groups in total. The molecule has 14 heavy (non-hydrogen) atoms. The molecule has 0 heterocycles. The minimum Gasteiger partial charge on any atom is -0.496 e. The molecule has 1 nitrogen and oxygen atoms in total. The number of rotatable bonds is 3. The van der Waals surface area contributed by atoms with Crippen molar-refractivity contribution < 1.29 is 4.74 Å². The fourth-order valence-corrected chi connectivity index (χ4v) is 1.57. The van der Waals surface area contributed by atoms with Gasteiger partial charge >= 0.3 is 0 Å². The smallest absolute Gasteiger partial charge is 0.122 e. The van der Waals surface area contributed by atoms with Gasteiger partial charge in [-0.25, -0.2) is 0 Å². The van der Waals surface area contributed by atoms with Crippen molar-refractivity contribution in [1.29, 1.82) is 0 Å². The van der Waals surface area contributed by atoms with E-state index in [9.17, 15) is 0 Å². The summed E-state index contributed by atoms with van der Waals surface area (Å²) in [5.74, 6) is 0.967. The largest absolute Gasteiger partial charge is 0.496 e. The van der Waals surface area contributed by atoms with Crippen LogP contribution in [-0.4, -0.2) is 7.11 Å². The predicted molar refractivity (Wildman–Crippen MR) is 64.4 cm³/mol. The maximum Gasteiger partial charge on any atom is 0.122 e. The summed E-state index contributed by atoms with van der Waals surface area (Å²) in [4.78, 5) is 0. The zero-order valence-electron chi connectivity index (χ0n) is 9.29. The van der Waals surface area contributed by atoms with Crippen LogP contribution in [0.4, 0.5) is 0 Å². The third-order valence-electron chi connectivity index (χ3n) is 2.37. The molecular formula is C12H18OS. The Morgan fingerprint density at radius 1 is 1.36 bits per heavy atom. The van der Waals surface area contributed by atoms with E-state index in [0.717, 1.165) is 12.2 Å². The van der Waals surface area contributed by atoms with E-state index >= 15 is 0 Å². The van der Waals surface area contributed by atoms with Crippen LogP contribution in [0.25, 0.3) is 0 Å². The molecular weight excluding hydrogens is 192 g/mol. The van der Waals surface area contributed by atoms with Crippen LogP contribution in [0.1, 0.15) is 31.9 Å². The van der Waals surface area contributed by atoms with Crippen molar-refractivity contribution in [3.05, 3.63) is 29.3 Å². The maximum atomic E-state index is 5.28. The predicted octanol–water partition coefficient (Wildman–Crippen LogP) is 3.42. The summed E-state index contributed by atoms with van der Waals surface area (Å²) in [6, 6.07) is 6.27. The van der Waals surface area contributed by atoms with Gasteiger partial charge in [0, 0.05) is 4.75 Å². The van der Waals surface area contributed by atoms with Crippen molar-refractivity contribution in [1.82, 2.24) is 0 Å². The summed E-state index contributed by atoms with van der Waals surface area (Å²) >= 11 is 4.55. The van der Waals surface area contributed by atoms with Crippen molar-refractivity contribution in [3.8, 4) is 5.75 Å². The lowest BCUT2D eigenvalue weighted by molar-refractivity contribution is 0.410. The lowest BCUT2D eigenvalue weighted by atomic mass is 9.98. The average Bonchev–Trinajstić information content (AvgIpc) is 2.15. The quantitative estimate of drug-likeness (QED) is 0.752. The van der Waals surface area contributed by atoms with Crippen molar-refractivity contribution in [2.24, 2.45) is 0 Å². The van der Waals surface area contributed by atoms with Crippen LogP contribution in [0.5, 0.6) is 5.75 Å². The van der Waals surface area contributed by atoms with Crippen molar-refractivity contribution in [3.63, 3.8) is 0 Å². The second-order valence-electron chi connectivity index (χ2n) is 3.94. The summed E-state index contributed by atoms with van der Waals surface area (Å²) in [7, 11) is 1.71. The number of thiol groups is 1. The van der Waals surface area contributed by atoms with Gasteiger partial charge in [0.05, 0.1) is 7.11 Å². The summed E-state index contributed by atoms with van der Waals surface area (Å²) in [6.45, 7) is 6.32. The zero-order chi connectivity index (χ0) is 10.8. The highest BCUT2D eigenvalue weighted by atomic mass is 32.1. The van der Waals surface area contributed by atoms with Gasteiger partial charge in [-0.1, -0.05) is 19.1 Å². The Kier molecular flexibility index (Phi) is 3.48. The Hall–Kier alpha value is -0.630. The Bertz CT molecular complexity index is 313. The van der Waals surface area contributed by atoms with E-state index in [1.807, 2.05) is 6.07 Å². The normalized spacial score (nSPS) is 11.5. The number of ether oxygens (including phenoxy) is 1. The molecule has 0 radical (unpaired) electrons. The molecule has 0 aliphatic heterocycles. The number of hydrogen-bond acceptors (Lipinski definition) is 2. The number of benzene rings is 1. The van der Waals surface area contributed by atoms with Gasteiger partial charge in [-0.2, -0.15) is 12.6 Å². The third-order valence-corrected chi connectivity index (χ3v) is 2.63. The molecule has 0 fully saturated rings. The van der Waals surface area contributed by atoms with Gasteiger partial charge in [-0.3, -0.25) is 0 Å². The Labute approximate surface area is 91.9 Å². The molecule has 0 unspecified atom stereocenters. The topological polar surface area (TPSA) is 9.23 Å². The first-order valence-corrected chi connectivity index (χ1v) is 5.33. The summed E-state index contributed by atoms with van der Waals surface area (Å²) in [6.07, 6.45) is 0.987. The van der Waals surface area contributed by atoms with Crippen molar-refractivity contribution in [2.45, 2.75) is 31.9 Å². The van der Waals surface area contributed by atoms with E-state index < -0.39 is 0 Å². The van der Waals surface area contributed by atoms with E-state index in [1.165, 1.54) is 11.1 Å². The number of methoxy groups -OCH3 is 1. The molecule has 0 amide bonds. The van der Waals surface area contributed by atoms with Crippen LogP contribution >= 0.6 is 12.6 Å². The average molecular weight is 210 g/mol.